The van der Waals surface area contributed by atoms with Crippen LogP contribution < -0.4 is 10.6 Å². The minimum Gasteiger partial charge on any atom is -0.415 e. The molecule has 0 amide bonds. The number of nitrogens with one attached hydrogen (secondary N) is 2. The van der Waals surface area contributed by atoms with Crippen LogP contribution >= 0.6 is 0 Å². The Morgan fingerprint density at radius 2 is 1.81 bits per heavy atom. The van der Waals surface area contributed by atoms with Crippen LogP contribution in [-0.4, -0.2) is 38.8 Å². The lowest BCUT2D eigenvalue weighted by Crippen LogP contribution is -2.26. The Hall–Kier alpha value is -4.08. The molecule has 0 atom stereocenters. The monoisotopic (exact) mass is 435 g/mol. The van der Waals surface area contributed by atoms with Crippen LogP contribution in [0.3, 0.4) is 0 Å². The molecule has 2 aromatic heterocycles. The molecule has 32 heavy (non-hydrogen) atoms. The molecular weight excluding hydrogens is 416 g/mol. The topological polar surface area (TPSA) is 93.2 Å². The number of imidazole rings is 1. The second-order valence-corrected chi connectivity index (χ2v) is 7.23. The van der Waals surface area contributed by atoms with Gasteiger partial charge in [-0.15, -0.1) is 10.2 Å². The zero-order chi connectivity index (χ0) is 21.9. The highest BCUT2D eigenvalue weighted by Crippen LogP contribution is 2.24. The van der Waals surface area contributed by atoms with Gasteiger partial charge in [0, 0.05) is 36.1 Å². The highest BCUT2D eigenvalue weighted by Gasteiger charge is 2.17. The van der Waals surface area contributed by atoms with Gasteiger partial charge in [0.1, 0.15) is 0 Å². The fourth-order valence-corrected chi connectivity index (χ4v) is 3.34. The molecule has 2 aromatic carbocycles. The molecule has 2 N–H and O–H groups in total. The van der Waals surface area contributed by atoms with Gasteiger partial charge in [0.25, 0.3) is 5.89 Å². The standard InChI is InChI=1S/C22H19F2N7O/c23-19(24)21-30-29-20(32-21)16-3-1-14(2-4-16)11-31-12-18(27-13-31)15-5-7-17(8-6-15)28-22-25-9-10-26-22/h1-8,12-13,19H,9-11H2,(H2,25,26,28). The van der Waals surface area contributed by atoms with Crippen molar-refractivity contribution in [3.8, 4) is 22.7 Å². The molecule has 0 fully saturated rings. The number of aliphatic imine (C=N–C) groups is 1. The predicted octanol–water partition coefficient (Wildman–Crippen LogP) is 3.96. The molecule has 0 radical (unpaired) electrons. The van der Waals surface area contributed by atoms with Crippen molar-refractivity contribution in [1.29, 1.82) is 0 Å². The van der Waals surface area contributed by atoms with Gasteiger partial charge in [-0.3, -0.25) is 4.99 Å². The molecule has 0 saturated heterocycles. The second-order valence-electron chi connectivity index (χ2n) is 7.23. The molecule has 1 aliphatic rings. The Kier molecular flexibility index (Phi) is 5.32. The summed E-state index contributed by atoms with van der Waals surface area (Å²) in [5.74, 6) is 0.190. The SMILES string of the molecule is FC(F)c1nnc(-c2ccc(Cn3cnc(-c4ccc(NC5=NCCN5)cc4)c3)cc2)o1. The summed E-state index contributed by atoms with van der Waals surface area (Å²) in [7, 11) is 0. The van der Waals surface area contributed by atoms with Crippen LogP contribution in [0.1, 0.15) is 17.9 Å². The van der Waals surface area contributed by atoms with Crippen molar-refractivity contribution < 1.29 is 13.2 Å². The Morgan fingerprint density at radius 3 is 2.50 bits per heavy atom. The highest BCUT2D eigenvalue weighted by molar-refractivity contribution is 5.94. The van der Waals surface area contributed by atoms with E-state index in [2.05, 4.69) is 30.8 Å². The summed E-state index contributed by atoms with van der Waals surface area (Å²) < 4.78 is 32.2. The average molecular weight is 435 g/mol. The first-order chi connectivity index (χ1) is 15.6. The summed E-state index contributed by atoms with van der Waals surface area (Å²) in [5, 5.41) is 13.4. The van der Waals surface area contributed by atoms with Crippen LogP contribution in [0.5, 0.6) is 0 Å². The van der Waals surface area contributed by atoms with E-state index in [0.717, 1.165) is 41.6 Å². The number of aromatic nitrogens is 4. The van der Waals surface area contributed by atoms with Gasteiger partial charge in [-0.2, -0.15) is 8.78 Å². The molecule has 4 aromatic rings. The number of alkyl halides is 2. The van der Waals surface area contributed by atoms with E-state index < -0.39 is 12.3 Å². The van der Waals surface area contributed by atoms with E-state index in [0.29, 0.717) is 12.1 Å². The van der Waals surface area contributed by atoms with Crippen molar-refractivity contribution >= 4 is 11.6 Å². The second kappa shape index (κ2) is 8.58. The molecule has 10 heteroatoms. The van der Waals surface area contributed by atoms with Crippen LogP contribution in [0.25, 0.3) is 22.7 Å². The maximum atomic E-state index is 12.6. The van der Waals surface area contributed by atoms with E-state index in [1.807, 2.05) is 47.2 Å². The van der Waals surface area contributed by atoms with Crippen LogP contribution in [0.15, 0.2) is 70.5 Å². The van der Waals surface area contributed by atoms with Crippen LogP contribution in [0, 0.1) is 0 Å². The number of anilines is 1. The molecule has 1 aliphatic heterocycles. The predicted molar refractivity (Wildman–Crippen MR) is 115 cm³/mol. The zero-order valence-corrected chi connectivity index (χ0v) is 16.9. The number of halogens is 2. The molecular formula is C22H19F2N7O. The summed E-state index contributed by atoms with van der Waals surface area (Å²) in [6, 6.07) is 15.3. The normalized spacial score (nSPS) is 13.3. The Balaban J connectivity index is 1.24. The summed E-state index contributed by atoms with van der Waals surface area (Å²) in [5.41, 5.74) is 4.46. The van der Waals surface area contributed by atoms with Crippen molar-refractivity contribution in [1.82, 2.24) is 25.1 Å². The largest absolute Gasteiger partial charge is 0.415 e. The molecule has 5 rings (SSSR count). The molecule has 0 spiro atoms. The number of hydrogen-bond donors (Lipinski definition) is 2. The number of benzene rings is 2. The molecule has 0 bridgehead atoms. The van der Waals surface area contributed by atoms with E-state index in [1.54, 1.807) is 18.5 Å². The third kappa shape index (κ3) is 4.34. The minimum absolute atomic E-state index is 0.0745. The van der Waals surface area contributed by atoms with Crippen LogP contribution in [0.4, 0.5) is 14.5 Å². The Morgan fingerprint density at radius 1 is 1.03 bits per heavy atom. The van der Waals surface area contributed by atoms with E-state index in [4.69, 9.17) is 4.42 Å². The van der Waals surface area contributed by atoms with Crippen molar-refractivity contribution in [3.05, 3.63) is 72.5 Å². The third-order valence-electron chi connectivity index (χ3n) is 4.94. The maximum Gasteiger partial charge on any atom is 0.314 e. The Labute approximate surface area is 182 Å². The van der Waals surface area contributed by atoms with Crippen molar-refractivity contribution in [2.45, 2.75) is 13.0 Å². The number of hydrogen-bond acceptors (Lipinski definition) is 7. The molecule has 3 heterocycles. The fraction of sp³-hybridized carbons (Fsp3) is 0.182. The smallest absolute Gasteiger partial charge is 0.314 e. The molecule has 0 saturated carbocycles. The summed E-state index contributed by atoms with van der Waals surface area (Å²) in [6.45, 7) is 2.26. The lowest BCUT2D eigenvalue weighted by atomic mass is 10.1. The summed E-state index contributed by atoms with van der Waals surface area (Å²) >= 11 is 0. The quantitative estimate of drug-likeness (QED) is 0.476. The summed E-state index contributed by atoms with van der Waals surface area (Å²) in [4.78, 5) is 8.82. The average Bonchev–Trinajstić information content (AvgIpc) is 3.57. The first-order valence-electron chi connectivity index (χ1n) is 10.0. The Bertz CT molecular complexity index is 1230. The minimum atomic E-state index is -2.78. The maximum absolute atomic E-state index is 12.6. The van der Waals surface area contributed by atoms with Gasteiger partial charge < -0.3 is 19.6 Å². The number of guanidine groups is 1. The zero-order valence-electron chi connectivity index (χ0n) is 16.9. The first kappa shape index (κ1) is 19.9. The van der Waals surface area contributed by atoms with Gasteiger partial charge in [0.2, 0.25) is 5.89 Å². The molecule has 0 aliphatic carbocycles. The lowest BCUT2D eigenvalue weighted by Gasteiger charge is -2.07. The number of nitrogens with zero attached hydrogens (tertiary/aromatic N) is 5. The summed E-state index contributed by atoms with van der Waals surface area (Å²) in [6.07, 6.45) is 0.975. The van der Waals surface area contributed by atoms with E-state index in [1.165, 1.54) is 0 Å². The number of rotatable bonds is 6. The van der Waals surface area contributed by atoms with Gasteiger partial charge in [0.05, 0.1) is 18.6 Å². The molecule has 162 valence electrons. The van der Waals surface area contributed by atoms with Gasteiger partial charge in [-0.1, -0.05) is 24.3 Å². The van der Waals surface area contributed by atoms with E-state index in [9.17, 15) is 8.78 Å². The van der Waals surface area contributed by atoms with Gasteiger partial charge in [-0.05, 0) is 29.8 Å². The van der Waals surface area contributed by atoms with Crippen LogP contribution in [-0.2, 0) is 6.54 Å². The highest BCUT2D eigenvalue weighted by atomic mass is 19.3. The van der Waals surface area contributed by atoms with Gasteiger partial charge >= 0.3 is 6.43 Å². The van der Waals surface area contributed by atoms with Gasteiger partial charge in [0.15, 0.2) is 5.96 Å². The third-order valence-corrected chi connectivity index (χ3v) is 4.94. The van der Waals surface area contributed by atoms with Crippen LogP contribution in [0.2, 0.25) is 0 Å². The van der Waals surface area contributed by atoms with Crippen molar-refractivity contribution in [2.75, 3.05) is 18.4 Å². The fourth-order valence-electron chi connectivity index (χ4n) is 3.34. The molecule has 8 nitrogen and oxygen atoms in total. The van der Waals surface area contributed by atoms with Gasteiger partial charge in [-0.25, -0.2) is 4.98 Å². The first-order valence-corrected chi connectivity index (χ1v) is 10.0. The molecule has 0 unspecified atom stereocenters. The lowest BCUT2D eigenvalue weighted by molar-refractivity contribution is 0.116. The van der Waals surface area contributed by atoms with Crippen molar-refractivity contribution in [3.63, 3.8) is 0 Å². The van der Waals surface area contributed by atoms with E-state index in [-0.39, 0.29) is 5.89 Å². The van der Waals surface area contributed by atoms with Crippen molar-refractivity contribution in [2.24, 2.45) is 4.99 Å². The van der Waals surface area contributed by atoms with E-state index >= 15 is 0 Å².